The van der Waals surface area contributed by atoms with Crippen molar-refractivity contribution in [2.24, 2.45) is 5.41 Å². The van der Waals surface area contributed by atoms with Crippen molar-refractivity contribution in [1.29, 1.82) is 0 Å². The van der Waals surface area contributed by atoms with E-state index >= 15 is 0 Å². The molecule has 100 valence electrons. The molecule has 1 unspecified atom stereocenters. The molecule has 1 amide bonds. The molecule has 0 bridgehead atoms. The van der Waals surface area contributed by atoms with Crippen LogP contribution in [0.25, 0.3) is 0 Å². The van der Waals surface area contributed by atoms with E-state index in [0.717, 1.165) is 19.5 Å². The fourth-order valence-corrected chi connectivity index (χ4v) is 2.59. The van der Waals surface area contributed by atoms with Crippen molar-refractivity contribution < 1.29 is 4.79 Å². The van der Waals surface area contributed by atoms with Crippen LogP contribution in [0, 0.1) is 5.41 Å². The molecule has 3 heteroatoms. The van der Waals surface area contributed by atoms with Gasteiger partial charge in [-0.25, -0.2) is 0 Å². The minimum absolute atomic E-state index is 0.174. The minimum atomic E-state index is 0.174. The van der Waals surface area contributed by atoms with Gasteiger partial charge in [-0.2, -0.15) is 0 Å². The smallest absolute Gasteiger partial charge is 0.221 e. The summed E-state index contributed by atoms with van der Waals surface area (Å²) in [5, 5.41) is 6.47. The second-order valence-corrected chi connectivity index (χ2v) is 5.84. The van der Waals surface area contributed by atoms with Gasteiger partial charge in [0.25, 0.3) is 0 Å². The van der Waals surface area contributed by atoms with Gasteiger partial charge in [-0.05, 0) is 24.7 Å². The molecule has 3 nitrogen and oxygen atoms in total. The molecule has 0 aromatic rings. The van der Waals surface area contributed by atoms with E-state index in [9.17, 15) is 4.79 Å². The molecule has 17 heavy (non-hydrogen) atoms. The molecule has 2 N–H and O–H groups in total. The fourth-order valence-electron chi connectivity index (χ4n) is 2.59. The summed E-state index contributed by atoms with van der Waals surface area (Å²) >= 11 is 0. The molecular weight excluding hydrogens is 212 g/mol. The number of nitrogens with one attached hydrogen (secondary N) is 2. The standard InChI is InChI=1S/C14H28N2O/c1-4-10-16-13(17)8-11-15-12-7-5-6-9-14(12,2)3/h12,15H,4-11H2,1-3H3,(H,16,17). The molecule has 1 rings (SSSR count). The summed E-state index contributed by atoms with van der Waals surface area (Å²) in [6.07, 6.45) is 6.84. The zero-order valence-corrected chi connectivity index (χ0v) is 11.6. The lowest BCUT2D eigenvalue weighted by molar-refractivity contribution is -0.121. The normalized spacial score (nSPS) is 23.4. The van der Waals surface area contributed by atoms with Gasteiger partial charge in [0.1, 0.15) is 0 Å². The SMILES string of the molecule is CCCNC(=O)CCNC1CCCCC1(C)C. The van der Waals surface area contributed by atoms with Crippen molar-refractivity contribution in [3.05, 3.63) is 0 Å². The monoisotopic (exact) mass is 240 g/mol. The summed E-state index contributed by atoms with van der Waals surface area (Å²) in [5.74, 6) is 0.174. The van der Waals surface area contributed by atoms with Crippen LogP contribution in [-0.2, 0) is 4.79 Å². The molecule has 0 aromatic carbocycles. The molecule has 1 aliphatic carbocycles. The van der Waals surface area contributed by atoms with Crippen molar-refractivity contribution in [1.82, 2.24) is 10.6 Å². The summed E-state index contributed by atoms with van der Waals surface area (Å²) in [5.41, 5.74) is 0.387. The predicted molar refractivity (Wildman–Crippen MR) is 72.0 cm³/mol. The number of hydrogen-bond donors (Lipinski definition) is 2. The van der Waals surface area contributed by atoms with Crippen LogP contribution in [0.2, 0.25) is 0 Å². The van der Waals surface area contributed by atoms with E-state index in [2.05, 4.69) is 31.4 Å². The lowest BCUT2D eigenvalue weighted by Gasteiger charge is -2.39. The molecule has 0 spiro atoms. The average Bonchev–Trinajstić information content (AvgIpc) is 2.28. The van der Waals surface area contributed by atoms with Crippen molar-refractivity contribution in [3.8, 4) is 0 Å². The molecule has 0 radical (unpaired) electrons. The Labute approximate surface area is 106 Å². The van der Waals surface area contributed by atoms with Crippen LogP contribution in [0.1, 0.15) is 59.3 Å². The van der Waals surface area contributed by atoms with Crippen LogP contribution in [-0.4, -0.2) is 25.0 Å². The maximum atomic E-state index is 11.5. The van der Waals surface area contributed by atoms with Crippen LogP contribution in [0.3, 0.4) is 0 Å². The van der Waals surface area contributed by atoms with Gasteiger partial charge in [0.2, 0.25) is 5.91 Å². The Morgan fingerprint density at radius 3 is 2.71 bits per heavy atom. The summed E-state index contributed by atoms with van der Waals surface area (Å²) in [6.45, 7) is 8.35. The van der Waals surface area contributed by atoms with E-state index in [4.69, 9.17) is 0 Å². The molecule has 0 aromatic heterocycles. The lowest BCUT2D eigenvalue weighted by Crippen LogP contribution is -2.45. The number of carbonyl (C=O) groups excluding carboxylic acids is 1. The van der Waals surface area contributed by atoms with Gasteiger partial charge in [-0.3, -0.25) is 4.79 Å². The minimum Gasteiger partial charge on any atom is -0.356 e. The van der Waals surface area contributed by atoms with Crippen LogP contribution in [0.4, 0.5) is 0 Å². The van der Waals surface area contributed by atoms with Gasteiger partial charge in [-0.1, -0.05) is 33.6 Å². The Kier molecular flexibility index (Phi) is 5.96. The molecule has 1 atom stereocenters. The predicted octanol–water partition coefficient (Wildman–Crippen LogP) is 2.46. The number of rotatable bonds is 6. The molecule has 0 aliphatic heterocycles. The van der Waals surface area contributed by atoms with Crippen LogP contribution >= 0.6 is 0 Å². The van der Waals surface area contributed by atoms with E-state index in [1.807, 2.05) is 0 Å². The van der Waals surface area contributed by atoms with Crippen LogP contribution in [0.5, 0.6) is 0 Å². The first kappa shape index (κ1) is 14.5. The van der Waals surface area contributed by atoms with Gasteiger partial charge in [0.05, 0.1) is 0 Å². The van der Waals surface area contributed by atoms with Crippen LogP contribution in [0.15, 0.2) is 0 Å². The number of hydrogen-bond acceptors (Lipinski definition) is 2. The maximum absolute atomic E-state index is 11.5. The van der Waals surface area contributed by atoms with Crippen molar-refractivity contribution in [2.45, 2.75) is 65.3 Å². The Balaban J connectivity index is 2.19. The Morgan fingerprint density at radius 2 is 2.06 bits per heavy atom. The van der Waals surface area contributed by atoms with Crippen molar-refractivity contribution in [3.63, 3.8) is 0 Å². The highest BCUT2D eigenvalue weighted by molar-refractivity contribution is 5.75. The van der Waals surface area contributed by atoms with E-state index in [0.29, 0.717) is 17.9 Å². The van der Waals surface area contributed by atoms with Gasteiger partial charge in [0.15, 0.2) is 0 Å². The van der Waals surface area contributed by atoms with Crippen molar-refractivity contribution >= 4 is 5.91 Å². The van der Waals surface area contributed by atoms with Crippen LogP contribution < -0.4 is 10.6 Å². The third kappa shape index (κ3) is 5.07. The molecular formula is C14H28N2O. The number of amides is 1. The largest absolute Gasteiger partial charge is 0.356 e. The molecule has 1 aliphatic rings. The topological polar surface area (TPSA) is 41.1 Å². The van der Waals surface area contributed by atoms with Gasteiger partial charge < -0.3 is 10.6 Å². The summed E-state index contributed by atoms with van der Waals surface area (Å²) in [7, 11) is 0. The fraction of sp³-hybridized carbons (Fsp3) is 0.929. The lowest BCUT2D eigenvalue weighted by atomic mass is 9.73. The first-order valence-electron chi connectivity index (χ1n) is 7.06. The summed E-state index contributed by atoms with van der Waals surface area (Å²) in [4.78, 5) is 11.5. The quantitative estimate of drug-likeness (QED) is 0.749. The Hall–Kier alpha value is -0.570. The zero-order chi connectivity index (χ0) is 12.7. The summed E-state index contributed by atoms with van der Waals surface area (Å²) < 4.78 is 0. The molecule has 1 saturated carbocycles. The van der Waals surface area contributed by atoms with E-state index in [-0.39, 0.29) is 5.91 Å². The Bertz CT molecular complexity index is 238. The highest BCUT2D eigenvalue weighted by atomic mass is 16.1. The third-order valence-corrected chi connectivity index (χ3v) is 3.82. The van der Waals surface area contributed by atoms with E-state index in [1.165, 1.54) is 25.7 Å². The average molecular weight is 240 g/mol. The van der Waals surface area contributed by atoms with Crippen molar-refractivity contribution in [2.75, 3.05) is 13.1 Å². The first-order chi connectivity index (χ1) is 8.06. The van der Waals surface area contributed by atoms with E-state index in [1.54, 1.807) is 0 Å². The highest BCUT2D eigenvalue weighted by Gasteiger charge is 2.31. The molecule has 1 fully saturated rings. The summed E-state index contributed by atoms with van der Waals surface area (Å²) in [6, 6.07) is 0.579. The zero-order valence-electron chi connectivity index (χ0n) is 11.6. The highest BCUT2D eigenvalue weighted by Crippen LogP contribution is 2.35. The maximum Gasteiger partial charge on any atom is 0.221 e. The van der Waals surface area contributed by atoms with E-state index < -0.39 is 0 Å². The number of carbonyl (C=O) groups is 1. The second kappa shape index (κ2) is 7.00. The van der Waals surface area contributed by atoms with Gasteiger partial charge in [0, 0.05) is 25.6 Å². The third-order valence-electron chi connectivity index (χ3n) is 3.82. The second-order valence-electron chi connectivity index (χ2n) is 5.84. The molecule has 0 heterocycles. The Morgan fingerprint density at radius 1 is 1.29 bits per heavy atom. The van der Waals surface area contributed by atoms with Gasteiger partial charge >= 0.3 is 0 Å². The van der Waals surface area contributed by atoms with Gasteiger partial charge in [-0.15, -0.1) is 0 Å². The first-order valence-corrected chi connectivity index (χ1v) is 7.06. The molecule has 0 saturated heterocycles.